The molecule has 1 spiro atoms. The first-order valence-corrected chi connectivity index (χ1v) is 2.75. The molecule has 37 valence electrons. The fourth-order valence-corrected chi connectivity index (χ4v) is 1.04. The molecule has 2 rings (SSSR count). The van der Waals surface area contributed by atoms with E-state index in [4.69, 9.17) is 0 Å². The number of hydrogen-bond acceptors (Lipinski definition) is 0. The van der Waals surface area contributed by atoms with Crippen molar-refractivity contribution < 1.29 is 0 Å². The van der Waals surface area contributed by atoms with E-state index in [1.807, 2.05) is 0 Å². The quantitative estimate of drug-likeness (QED) is 0.389. The van der Waals surface area contributed by atoms with Crippen LogP contribution in [0.2, 0.25) is 0 Å². The second-order valence-corrected chi connectivity index (χ2v) is 2.42. The fraction of sp³-hybridized carbons (Fsp3) is 0.667. The molecular formula is C6H8N. The lowest BCUT2D eigenvalue weighted by Gasteiger charge is -1.98. The Hall–Kier alpha value is -0.300. The highest BCUT2D eigenvalue weighted by Crippen LogP contribution is 2.40. The van der Waals surface area contributed by atoms with E-state index in [0.717, 1.165) is 13.1 Å². The number of rotatable bonds is 0. The second kappa shape index (κ2) is 0.920. The van der Waals surface area contributed by atoms with Crippen LogP contribution in [0, 0.1) is 5.41 Å². The SMILES string of the molecule is C1=CC12CC[N]C2. The summed E-state index contributed by atoms with van der Waals surface area (Å²) in [6, 6.07) is 0. The Morgan fingerprint density at radius 2 is 2.29 bits per heavy atom. The molecule has 0 aromatic heterocycles. The van der Waals surface area contributed by atoms with Crippen molar-refractivity contribution in [1.29, 1.82) is 0 Å². The maximum atomic E-state index is 4.24. The van der Waals surface area contributed by atoms with E-state index in [9.17, 15) is 0 Å². The minimum atomic E-state index is 0.528. The van der Waals surface area contributed by atoms with Crippen molar-refractivity contribution in [3.8, 4) is 0 Å². The summed E-state index contributed by atoms with van der Waals surface area (Å²) < 4.78 is 0. The third kappa shape index (κ3) is 0.416. The molecule has 1 heteroatoms. The lowest BCUT2D eigenvalue weighted by Crippen LogP contribution is -2.03. The zero-order valence-corrected chi connectivity index (χ0v) is 4.22. The summed E-state index contributed by atoms with van der Waals surface area (Å²) in [5.41, 5.74) is 0.528. The molecule has 0 bridgehead atoms. The van der Waals surface area contributed by atoms with Gasteiger partial charge in [0.1, 0.15) is 0 Å². The average Bonchev–Trinajstić information content (AvgIpc) is 2.15. The first-order valence-electron chi connectivity index (χ1n) is 2.75. The summed E-state index contributed by atoms with van der Waals surface area (Å²) in [6.45, 7) is 2.17. The summed E-state index contributed by atoms with van der Waals surface area (Å²) in [7, 11) is 0. The van der Waals surface area contributed by atoms with Crippen LogP contribution >= 0.6 is 0 Å². The summed E-state index contributed by atoms with van der Waals surface area (Å²) in [4.78, 5) is 0. The molecule has 1 fully saturated rings. The van der Waals surface area contributed by atoms with Gasteiger partial charge in [0.25, 0.3) is 0 Å². The van der Waals surface area contributed by atoms with Gasteiger partial charge in [-0.1, -0.05) is 12.2 Å². The molecule has 1 aliphatic carbocycles. The molecular weight excluding hydrogens is 86.1 g/mol. The number of nitrogens with zero attached hydrogens (tertiary/aromatic N) is 1. The Kier molecular flexibility index (Phi) is 0.482. The van der Waals surface area contributed by atoms with Gasteiger partial charge >= 0.3 is 0 Å². The normalized spacial score (nSPS) is 32.0. The number of hydrogen-bond donors (Lipinski definition) is 0. The zero-order chi connectivity index (χ0) is 4.74. The molecule has 0 aromatic carbocycles. The molecule has 0 unspecified atom stereocenters. The first-order chi connectivity index (χ1) is 3.41. The van der Waals surface area contributed by atoms with E-state index >= 15 is 0 Å². The van der Waals surface area contributed by atoms with Crippen molar-refractivity contribution in [2.24, 2.45) is 5.41 Å². The highest BCUT2D eigenvalue weighted by molar-refractivity contribution is 5.28. The van der Waals surface area contributed by atoms with Crippen LogP contribution < -0.4 is 5.32 Å². The largest absolute Gasteiger partial charge is 0.241 e. The van der Waals surface area contributed by atoms with Gasteiger partial charge in [0, 0.05) is 18.5 Å². The minimum Gasteiger partial charge on any atom is -0.241 e. The van der Waals surface area contributed by atoms with Gasteiger partial charge in [0.05, 0.1) is 0 Å². The molecule has 1 aliphatic heterocycles. The van der Waals surface area contributed by atoms with Crippen LogP contribution in [0.1, 0.15) is 6.42 Å². The summed E-state index contributed by atoms with van der Waals surface area (Å²) in [6.07, 6.45) is 5.82. The van der Waals surface area contributed by atoms with E-state index < -0.39 is 0 Å². The van der Waals surface area contributed by atoms with Crippen molar-refractivity contribution >= 4 is 0 Å². The highest BCUT2D eigenvalue weighted by atomic mass is 14.9. The van der Waals surface area contributed by atoms with Crippen LogP contribution in [0.5, 0.6) is 0 Å². The highest BCUT2D eigenvalue weighted by Gasteiger charge is 2.37. The molecule has 0 aromatic rings. The lowest BCUT2D eigenvalue weighted by atomic mass is 10.1. The summed E-state index contributed by atoms with van der Waals surface area (Å²) >= 11 is 0. The topological polar surface area (TPSA) is 14.1 Å². The van der Waals surface area contributed by atoms with Gasteiger partial charge in [-0.2, -0.15) is 0 Å². The smallest absolute Gasteiger partial charge is 0.0260 e. The van der Waals surface area contributed by atoms with Crippen LogP contribution in [-0.2, 0) is 0 Å². The third-order valence-corrected chi connectivity index (χ3v) is 1.78. The predicted octanol–water partition coefficient (Wildman–Crippen LogP) is 0.551. The fourth-order valence-electron chi connectivity index (χ4n) is 1.04. The molecule has 2 aliphatic rings. The Morgan fingerprint density at radius 1 is 1.43 bits per heavy atom. The van der Waals surface area contributed by atoms with Gasteiger partial charge in [-0.25, -0.2) is 5.32 Å². The van der Waals surface area contributed by atoms with Gasteiger partial charge < -0.3 is 0 Å². The van der Waals surface area contributed by atoms with E-state index in [2.05, 4.69) is 17.5 Å². The average molecular weight is 94.1 g/mol. The van der Waals surface area contributed by atoms with Gasteiger partial charge in [0.15, 0.2) is 0 Å². The van der Waals surface area contributed by atoms with Crippen LogP contribution in [0.25, 0.3) is 0 Å². The van der Waals surface area contributed by atoms with Gasteiger partial charge in [-0.3, -0.25) is 0 Å². The van der Waals surface area contributed by atoms with Crippen molar-refractivity contribution in [3.05, 3.63) is 12.2 Å². The molecule has 1 radical (unpaired) electrons. The Labute approximate surface area is 43.4 Å². The van der Waals surface area contributed by atoms with Crippen molar-refractivity contribution in [3.63, 3.8) is 0 Å². The molecule has 0 atom stereocenters. The van der Waals surface area contributed by atoms with E-state index in [1.165, 1.54) is 6.42 Å². The lowest BCUT2D eigenvalue weighted by molar-refractivity contribution is 0.639. The van der Waals surface area contributed by atoms with E-state index in [-0.39, 0.29) is 0 Å². The Morgan fingerprint density at radius 3 is 2.57 bits per heavy atom. The Balaban J connectivity index is 2.09. The maximum Gasteiger partial charge on any atom is 0.0260 e. The predicted molar refractivity (Wildman–Crippen MR) is 28.1 cm³/mol. The third-order valence-electron chi connectivity index (χ3n) is 1.78. The molecule has 1 nitrogen and oxygen atoms in total. The maximum absolute atomic E-state index is 4.24. The second-order valence-electron chi connectivity index (χ2n) is 2.42. The first kappa shape index (κ1) is 3.67. The monoisotopic (exact) mass is 94.1 g/mol. The van der Waals surface area contributed by atoms with E-state index in [0.29, 0.717) is 5.41 Å². The molecule has 1 heterocycles. The van der Waals surface area contributed by atoms with Crippen molar-refractivity contribution in [1.82, 2.24) is 5.32 Å². The minimum absolute atomic E-state index is 0.528. The molecule has 7 heavy (non-hydrogen) atoms. The van der Waals surface area contributed by atoms with Crippen LogP contribution in [0.3, 0.4) is 0 Å². The summed E-state index contributed by atoms with van der Waals surface area (Å²) in [5, 5.41) is 4.24. The molecule has 1 saturated heterocycles. The van der Waals surface area contributed by atoms with Gasteiger partial charge in [-0.15, -0.1) is 0 Å². The van der Waals surface area contributed by atoms with Crippen molar-refractivity contribution in [2.45, 2.75) is 6.42 Å². The van der Waals surface area contributed by atoms with Crippen LogP contribution in [0.4, 0.5) is 0 Å². The molecule has 0 N–H and O–H groups in total. The summed E-state index contributed by atoms with van der Waals surface area (Å²) in [5.74, 6) is 0. The van der Waals surface area contributed by atoms with Crippen LogP contribution in [-0.4, -0.2) is 13.1 Å². The Bertz CT molecular complexity index is 101. The molecule has 0 amide bonds. The molecule has 0 saturated carbocycles. The van der Waals surface area contributed by atoms with E-state index in [1.54, 1.807) is 0 Å². The standard InChI is InChI=1S/C6H8N/c1-2-6(1)3-4-7-5-6/h1-2H,3-5H2. The van der Waals surface area contributed by atoms with Crippen LogP contribution in [0.15, 0.2) is 12.2 Å². The van der Waals surface area contributed by atoms with Crippen molar-refractivity contribution in [2.75, 3.05) is 13.1 Å². The zero-order valence-electron chi connectivity index (χ0n) is 4.22. The van der Waals surface area contributed by atoms with Gasteiger partial charge in [-0.05, 0) is 6.42 Å². The van der Waals surface area contributed by atoms with Gasteiger partial charge in [0.2, 0.25) is 0 Å².